The Morgan fingerprint density at radius 2 is 1.87 bits per heavy atom. The number of hydrogen-bond acceptors (Lipinski definition) is 6. The van der Waals surface area contributed by atoms with Gasteiger partial charge in [-0.2, -0.15) is 0 Å². The number of aromatic nitrogens is 4. The van der Waals surface area contributed by atoms with Gasteiger partial charge in [0.25, 0.3) is 0 Å². The zero-order valence-corrected chi connectivity index (χ0v) is 16.3. The van der Waals surface area contributed by atoms with Crippen LogP contribution < -0.4 is 9.46 Å². The lowest BCUT2D eigenvalue weighted by Gasteiger charge is -2.09. The molecule has 0 atom stereocenters. The average Bonchev–Trinajstić information content (AvgIpc) is 3.24. The summed E-state index contributed by atoms with van der Waals surface area (Å²) in [7, 11) is -3.69. The summed E-state index contributed by atoms with van der Waals surface area (Å²) >= 11 is 0. The lowest BCUT2D eigenvalue weighted by Crippen LogP contribution is -2.15. The van der Waals surface area contributed by atoms with Crippen molar-refractivity contribution < 1.29 is 17.5 Å². The third-order valence-electron chi connectivity index (χ3n) is 3.99. The molecule has 0 amide bonds. The summed E-state index contributed by atoms with van der Waals surface area (Å²) in [5.41, 5.74) is 0.723. The van der Waals surface area contributed by atoms with Crippen LogP contribution in [0.2, 0.25) is 0 Å². The summed E-state index contributed by atoms with van der Waals surface area (Å²) in [5.74, 6) is 0.543. The molecule has 2 heterocycles. The molecule has 0 aliphatic heterocycles. The zero-order chi connectivity index (χ0) is 21.0. The lowest BCUT2D eigenvalue weighted by atomic mass is 10.2. The van der Waals surface area contributed by atoms with E-state index in [1.54, 1.807) is 65.8 Å². The van der Waals surface area contributed by atoms with Gasteiger partial charge in [0.05, 0.1) is 5.75 Å². The minimum Gasteiger partial charge on any atom is -0.438 e. The number of benzene rings is 2. The van der Waals surface area contributed by atoms with Crippen LogP contribution in [0, 0.1) is 5.82 Å². The fraction of sp³-hybridized carbons (Fsp3) is 0.0500. The van der Waals surface area contributed by atoms with E-state index in [2.05, 4.69) is 19.9 Å². The number of imidazole rings is 1. The molecule has 0 spiro atoms. The molecule has 2 aromatic carbocycles. The van der Waals surface area contributed by atoms with Gasteiger partial charge in [0.2, 0.25) is 15.9 Å². The van der Waals surface area contributed by atoms with E-state index in [0.29, 0.717) is 28.7 Å². The molecule has 8 nitrogen and oxygen atoms in total. The Kier molecular flexibility index (Phi) is 5.40. The molecular formula is C20H16FN5O3S. The summed E-state index contributed by atoms with van der Waals surface area (Å²) < 4.78 is 47.6. The van der Waals surface area contributed by atoms with E-state index < -0.39 is 15.8 Å². The Bertz CT molecular complexity index is 1230. The molecule has 0 aliphatic rings. The summed E-state index contributed by atoms with van der Waals surface area (Å²) in [6.45, 7) is 0. The number of sulfonamides is 1. The van der Waals surface area contributed by atoms with Gasteiger partial charge in [-0.25, -0.2) is 17.8 Å². The van der Waals surface area contributed by atoms with Crippen LogP contribution >= 0.6 is 0 Å². The monoisotopic (exact) mass is 425 g/mol. The third-order valence-corrected chi connectivity index (χ3v) is 5.25. The largest absolute Gasteiger partial charge is 0.438 e. The molecule has 152 valence electrons. The molecule has 4 aromatic rings. The molecule has 4 rings (SSSR count). The molecule has 0 bridgehead atoms. The third kappa shape index (κ3) is 4.97. The van der Waals surface area contributed by atoms with Crippen molar-refractivity contribution in [3.8, 4) is 17.4 Å². The van der Waals surface area contributed by atoms with Gasteiger partial charge >= 0.3 is 0 Å². The van der Waals surface area contributed by atoms with Crippen molar-refractivity contribution in [2.24, 2.45) is 0 Å². The first-order valence-corrected chi connectivity index (χ1v) is 10.5. The van der Waals surface area contributed by atoms with Crippen LogP contribution in [0.15, 0.2) is 79.4 Å². The number of anilines is 1. The van der Waals surface area contributed by atoms with Crippen LogP contribution in [0.5, 0.6) is 11.6 Å². The highest BCUT2D eigenvalue weighted by Crippen LogP contribution is 2.22. The molecule has 0 saturated heterocycles. The quantitative estimate of drug-likeness (QED) is 0.486. The van der Waals surface area contributed by atoms with Gasteiger partial charge in [-0.1, -0.05) is 12.1 Å². The molecule has 0 aliphatic carbocycles. The second-order valence-corrected chi connectivity index (χ2v) is 8.04. The Morgan fingerprint density at radius 1 is 1.03 bits per heavy atom. The minimum absolute atomic E-state index is 0.290. The molecule has 0 saturated carbocycles. The van der Waals surface area contributed by atoms with Crippen LogP contribution in [0.4, 0.5) is 10.1 Å². The summed E-state index contributed by atoms with van der Waals surface area (Å²) in [5, 5.41) is 8.06. The van der Waals surface area contributed by atoms with E-state index in [1.807, 2.05) is 0 Å². The van der Waals surface area contributed by atoms with Crippen LogP contribution in [-0.2, 0) is 15.8 Å². The standard InChI is InChI=1S/C20H16FN5O3S/c21-16-3-1-2-15(12-16)13-30(27,28)25-17-4-6-18(7-5-17)29-20-9-8-19(23-24-20)26-11-10-22-14-26/h1-12,14,25H,13H2. The van der Waals surface area contributed by atoms with Gasteiger partial charge < -0.3 is 4.74 Å². The van der Waals surface area contributed by atoms with Crippen LogP contribution in [0.3, 0.4) is 0 Å². The predicted octanol–water partition coefficient (Wildman–Crippen LogP) is 3.54. The van der Waals surface area contributed by atoms with E-state index in [9.17, 15) is 12.8 Å². The van der Waals surface area contributed by atoms with Crippen molar-refractivity contribution in [3.05, 3.63) is 90.8 Å². The Balaban J connectivity index is 1.39. The number of nitrogens with zero attached hydrogens (tertiary/aromatic N) is 4. The van der Waals surface area contributed by atoms with Crippen molar-refractivity contribution in [1.29, 1.82) is 0 Å². The topological polar surface area (TPSA) is 99.0 Å². The van der Waals surface area contributed by atoms with Crippen LogP contribution in [-0.4, -0.2) is 28.2 Å². The van der Waals surface area contributed by atoms with Gasteiger partial charge in [0.1, 0.15) is 17.9 Å². The van der Waals surface area contributed by atoms with Crippen molar-refractivity contribution in [1.82, 2.24) is 19.7 Å². The molecule has 0 fully saturated rings. The predicted molar refractivity (Wildman–Crippen MR) is 108 cm³/mol. The fourth-order valence-electron chi connectivity index (χ4n) is 2.67. The smallest absolute Gasteiger partial charge is 0.238 e. The number of ether oxygens (including phenoxy) is 1. The van der Waals surface area contributed by atoms with Crippen molar-refractivity contribution in [2.45, 2.75) is 5.75 Å². The Morgan fingerprint density at radius 3 is 2.53 bits per heavy atom. The van der Waals surface area contributed by atoms with Crippen LogP contribution in [0.25, 0.3) is 5.82 Å². The number of nitrogens with one attached hydrogen (secondary N) is 1. The van der Waals surface area contributed by atoms with E-state index in [0.717, 1.165) is 0 Å². The van der Waals surface area contributed by atoms with Crippen molar-refractivity contribution >= 4 is 15.7 Å². The maximum Gasteiger partial charge on any atom is 0.238 e. The Hall–Kier alpha value is -3.79. The molecule has 1 N–H and O–H groups in total. The van der Waals surface area contributed by atoms with Crippen molar-refractivity contribution in [3.63, 3.8) is 0 Å². The summed E-state index contributed by atoms with van der Waals surface area (Å²) in [6.07, 6.45) is 5.00. The second-order valence-electron chi connectivity index (χ2n) is 6.32. The normalized spacial score (nSPS) is 11.2. The number of hydrogen-bond donors (Lipinski definition) is 1. The molecule has 2 aromatic heterocycles. The molecule has 10 heteroatoms. The van der Waals surface area contributed by atoms with Crippen molar-refractivity contribution in [2.75, 3.05) is 4.72 Å². The van der Waals surface area contributed by atoms with Gasteiger partial charge in [0, 0.05) is 24.1 Å². The maximum atomic E-state index is 13.2. The number of rotatable bonds is 7. The molecule has 0 radical (unpaired) electrons. The van der Waals surface area contributed by atoms with Crippen LogP contribution in [0.1, 0.15) is 5.56 Å². The highest BCUT2D eigenvalue weighted by Gasteiger charge is 2.12. The average molecular weight is 425 g/mol. The van der Waals surface area contributed by atoms with E-state index in [4.69, 9.17) is 4.74 Å². The minimum atomic E-state index is -3.69. The first-order chi connectivity index (χ1) is 14.5. The van der Waals surface area contributed by atoms with Gasteiger partial charge in [-0.05, 0) is 48.0 Å². The van der Waals surface area contributed by atoms with Gasteiger partial charge in [-0.3, -0.25) is 9.29 Å². The van der Waals surface area contributed by atoms with Gasteiger partial charge in [0.15, 0.2) is 5.82 Å². The molecule has 0 unspecified atom stereocenters. The highest BCUT2D eigenvalue weighted by molar-refractivity contribution is 7.91. The molecule has 30 heavy (non-hydrogen) atoms. The Labute approximate surface area is 172 Å². The van der Waals surface area contributed by atoms with E-state index >= 15 is 0 Å². The second kappa shape index (κ2) is 8.29. The SMILES string of the molecule is O=S(=O)(Cc1cccc(F)c1)Nc1ccc(Oc2ccc(-n3ccnc3)nn2)cc1. The summed E-state index contributed by atoms with van der Waals surface area (Å²) in [4.78, 5) is 3.95. The maximum absolute atomic E-state index is 13.2. The van der Waals surface area contributed by atoms with Gasteiger partial charge in [-0.15, -0.1) is 10.2 Å². The first kappa shape index (κ1) is 19.5. The van der Waals surface area contributed by atoms with E-state index in [1.165, 1.54) is 18.2 Å². The fourth-order valence-corrected chi connectivity index (χ4v) is 3.86. The lowest BCUT2D eigenvalue weighted by molar-refractivity contribution is 0.454. The first-order valence-electron chi connectivity index (χ1n) is 8.82. The zero-order valence-electron chi connectivity index (χ0n) is 15.5. The summed E-state index contributed by atoms with van der Waals surface area (Å²) in [6, 6.07) is 15.2. The molecular weight excluding hydrogens is 409 g/mol. The van der Waals surface area contributed by atoms with E-state index in [-0.39, 0.29) is 5.75 Å². The number of halogens is 1. The highest BCUT2D eigenvalue weighted by atomic mass is 32.2.